The molecule has 0 atom stereocenters. The molecule has 9 aromatic carbocycles. The Bertz CT molecular complexity index is 3500. The van der Waals surface area contributed by atoms with Gasteiger partial charge in [-0.25, -0.2) is 0 Å². The Morgan fingerprint density at radius 1 is 0.484 bits per heavy atom. The topological polar surface area (TPSA) is 17.0 Å². The molecule has 0 spiro atoms. The fraction of sp³-hybridized carbons (Fsp3) is 0.148. The van der Waals surface area contributed by atoms with Crippen LogP contribution in [-0.2, 0) is 10.8 Å². The Labute approximate surface area is 377 Å². The van der Waals surface area contributed by atoms with E-state index in [2.05, 4.69) is 226 Å². The summed E-state index contributed by atoms with van der Waals surface area (Å²) in [5, 5.41) is 9.09. The largest absolute Gasteiger partial charge is 0.355 e. The zero-order valence-electron chi connectivity index (χ0n) is 37.4. The molecule has 308 valence electrons. The highest BCUT2D eigenvalue weighted by atomic mass is 15.0. The van der Waals surface area contributed by atoms with Crippen molar-refractivity contribution in [1.82, 2.24) is 4.57 Å². The predicted octanol–water partition coefficient (Wildman–Crippen LogP) is 14.7. The van der Waals surface area contributed by atoms with Crippen LogP contribution in [0.5, 0.6) is 0 Å². The molecular formula is C61H51BN2. The zero-order chi connectivity index (χ0) is 43.3. The highest BCUT2D eigenvalue weighted by molar-refractivity contribution is 6.73. The molecule has 1 N–H and O–H groups in total. The van der Waals surface area contributed by atoms with E-state index in [1.165, 1.54) is 123 Å². The Morgan fingerprint density at radius 2 is 1.14 bits per heavy atom. The van der Waals surface area contributed by atoms with Crippen molar-refractivity contribution in [2.45, 2.75) is 58.3 Å². The van der Waals surface area contributed by atoms with Crippen molar-refractivity contribution >= 4 is 62.2 Å². The second kappa shape index (κ2) is 14.5. The second-order valence-corrected chi connectivity index (χ2v) is 19.7. The standard InChI is InChI=1S/C61H51BN2/c1-38-16-12-15-23-47(38)45-33-50(48-30-41-21-13-14-22-42(41)35-55(48)63-46-25-26-52-53(37-46)61(4,5)29-28-60(52,2)3)58-57(36-45)64-56-27-24-43(39-17-8-6-9-18-39)31-49(56)51-32-44(34-54(62-58)59(51)64)40-19-10-7-11-20-40/h6-27,30-37,62-63H,28-29H2,1-5H3. The van der Waals surface area contributed by atoms with Gasteiger partial charge in [0.2, 0.25) is 0 Å². The molecule has 3 heteroatoms. The minimum absolute atomic E-state index is 0.106. The summed E-state index contributed by atoms with van der Waals surface area (Å²) in [7, 11) is 0.812. The molecule has 0 unspecified atom stereocenters. The molecule has 0 fully saturated rings. The fourth-order valence-corrected chi connectivity index (χ4v) is 11.1. The molecular weight excluding hydrogens is 771 g/mol. The molecule has 0 amide bonds. The van der Waals surface area contributed by atoms with Gasteiger partial charge in [0, 0.05) is 38.9 Å². The van der Waals surface area contributed by atoms with Crippen LogP contribution in [0.15, 0.2) is 182 Å². The molecule has 10 aromatic rings. The summed E-state index contributed by atoms with van der Waals surface area (Å²) in [4.78, 5) is 0. The molecule has 0 radical (unpaired) electrons. The van der Waals surface area contributed by atoms with Crippen LogP contribution in [0.1, 0.15) is 57.2 Å². The van der Waals surface area contributed by atoms with E-state index in [-0.39, 0.29) is 10.8 Å². The maximum Gasteiger partial charge on any atom is 0.198 e. The Hall–Kier alpha value is -7.10. The van der Waals surface area contributed by atoms with Gasteiger partial charge in [0.1, 0.15) is 0 Å². The summed E-state index contributed by atoms with van der Waals surface area (Å²) in [5.74, 6) is 0. The first kappa shape index (κ1) is 38.6. The summed E-state index contributed by atoms with van der Waals surface area (Å²) < 4.78 is 2.59. The van der Waals surface area contributed by atoms with Crippen LogP contribution in [0.25, 0.3) is 82.8 Å². The number of nitrogens with one attached hydrogen (secondary N) is 1. The molecule has 0 bridgehead atoms. The minimum atomic E-state index is 0.106. The van der Waals surface area contributed by atoms with Gasteiger partial charge in [-0.3, -0.25) is 0 Å². The number of rotatable bonds is 6. The summed E-state index contributed by atoms with van der Waals surface area (Å²) in [6.45, 7) is 11.9. The summed E-state index contributed by atoms with van der Waals surface area (Å²) in [6, 6.07) is 68.3. The molecule has 0 saturated heterocycles. The van der Waals surface area contributed by atoms with Crippen molar-refractivity contribution in [3.8, 4) is 50.2 Å². The Balaban J connectivity index is 1.14. The molecule has 0 saturated carbocycles. The van der Waals surface area contributed by atoms with Gasteiger partial charge in [-0.2, -0.15) is 0 Å². The lowest BCUT2D eigenvalue weighted by Crippen LogP contribution is -2.37. The Morgan fingerprint density at radius 3 is 1.89 bits per heavy atom. The van der Waals surface area contributed by atoms with Gasteiger partial charge in [-0.05, 0) is 157 Å². The third-order valence-electron chi connectivity index (χ3n) is 14.8. The fourth-order valence-electron chi connectivity index (χ4n) is 11.1. The Kier molecular flexibility index (Phi) is 8.72. The quantitative estimate of drug-likeness (QED) is 0.165. The monoisotopic (exact) mass is 822 g/mol. The average Bonchev–Trinajstić information content (AvgIpc) is 3.65. The van der Waals surface area contributed by atoms with Gasteiger partial charge >= 0.3 is 0 Å². The molecule has 2 nitrogen and oxygen atoms in total. The van der Waals surface area contributed by atoms with E-state index in [4.69, 9.17) is 0 Å². The van der Waals surface area contributed by atoms with Crippen molar-refractivity contribution in [2.75, 3.05) is 5.32 Å². The number of anilines is 2. The second-order valence-electron chi connectivity index (χ2n) is 19.7. The first-order valence-electron chi connectivity index (χ1n) is 23.0. The van der Waals surface area contributed by atoms with E-state index >= 15 is 0 Å². The maximum atomic E-state index is 4.06. The van der Waals surface area contributed by atoms with Crippen molar-refractivity contribution in [1.29, 1.82) is 0 Å². The van der Waals surface area contributed by atoms with E-state index in [9.17, 15) is 0 Å². The highest BCUT2D eigenvalue weighted by Gasteiger charge is 2.37. The lowest BCUT2D eigenvalue weighted by molar-refractivity contribution is 0.332. The number of hydrogen-bond acceptors (Lipinski definition) is 1. The van der Waals surface area contributed by atoms with Crippen LogP contribution in [0.3, 0.4) is 0 Å². The molecule has 2 heterocycles. The van der Waals surface area contributed by atoms with E-state index < -0.39 is 0 Å². The van der Waals surface area contributed by atoms with Gasteiger partial charge in [-0.1, -0.05) is 161 Å². The first-order valence-corrected chi connectivity index (χ1v) is 23.0. The summed E-state index contributed by atoms with van der Waals surface area (Å²) >= 11 is 0. The van der Waals surface area contributed by atoms with E-state index in [1.807, 2.05) is 0 Å². The van der Waals surface area contributed by atoms with Gasteiger partial charge in [0.25, 0.3) is 0 Å². The van der Waals surface area contributed by atoms with Crippen LogP contribution < -0.4 is 16.2 Å². The van der Waals surface area contributed by atoms with E-state index in [1.54, 1.807) is 0 Å². The summed E-state index contributed by atoms with van der Waals surface area (Å²) in [5.41, 5.74) is 23.1. The van der Waals surface area contributed by atoms with Gasteiger partial charge < -0.3 is 9.88 Å². The molecule has 12 rings (SSSR count). The molecule has 1 aliphatic heterocycles. The molecule has 1 aromatic heterocycles. The smallest absolute Gasteiger partial charge is 0.198 e. The number of nitrogens with zero attached hydrogens (tertiary/aromatic N) is 1. The van der Waals surface area contributed by atoms with Crippen LogP contribution in [0.4, 0.5) is 11.4 Å². The zero-order valence-corrected chi connectivity index (χ0v) is 37.4. The average molecular weight is 823 g/mol. The molecule has 1 aliphatic carbocycles. The maximum absolute atomic E-state index is 4.06. The van der Waals surface area contributed by atoms with Gasteiger partial charge in [-0.15, -0.1) is 0 Å². The minimum Gasteiger partial charge on any atom is -0.355 e. The molecule has 2 aliphatic rings. The highest BCUT2D eigenvalue weighted by Crippen LogP contribution is 2.48. The van der Waals surface area contributed by atoms with Crippen molar-refractivity contribution in [3.05, 3.63) is 199 Å². The van der Waals surface area contributed by atoms with Gasteiger partial charge in [0.15, 0.2) is 7.28 Å². The van der Waals surface area contributed by atoms with Crippen LogP contribution in [0.2, 0.25) is 0 Å². The van der Waals surface area contributed by atoms with Gasteiger partial charge in [0.05, 0.1) is 5.52 Å². The van der Waals surface area contributed by atoms with E-state index in [0.717, 1.165) is 18.7 Å². The third kappa shape index (κ3) is 6.24. The lowest BCUT2D eigenvalue weighted by Gasteiger charge is -2.42. The van der Waals surface area contributed by atoms with Crippen LogP contribution >= 0.6 is 0 Å². The molecule has 64 heavy (non-hydrogen) atoms. The van der Waals surface area contributed by atoms with Crippen molar-refractivity contribution in [3.63, 3.8) is 0 Å². The third-order valence-corrected chi connectivity index (χ3v) is 14.8. The number of aryl methyl sites for hydroxylation is 1. The van der Waals surface area contributed by atoms with Crippen molar-refractivity contribution in [2.24, 2.45) is 0 Å². The SMILES string of the molecule is Cc1ccccc1-c1cc(-c2cc3ccccc3cc2Nc2ccc3c(c2)C(C)(C)CCC3(C)C)c2c(c1)-n1c3ccc(-c4ccccc4)cc3c3cc(-c4ccccc4)cc(c31)B2. The lowest BCUT2D eigenvalue weighted by atomic mass is 9.58. The van der Waals surface area contributed by atoms with Crippen LogP contribution in [-0.4, -0.2) is 11.8 Å². The normalized spacial score (nSPS) is 14.6. The van der Waals surface area contributed by atoms with Crippen molar-refractivity contribution < 1.29 is 0 Å². The van der Waals surface area contributed by atoms with E-state index in [0.29, 0.717) is 0 Å². The number of fused-ring (bicyclic) bond motifs is 7. The predicted molar refractivity (Wildman–Crippen MR) is 276 cm³/mol. The first-order chi connectivity index (χ1) is 31.1. The van der Waals surface area contributed by atoms with Crippen LogP contribution in [0, 0.1) is 6.92 Å². The number of benzene rings is 9. The number of hydrogen-bond donors (Lipinski definition) is 1. The summed E-state index contributed by atoms with van der Waals surface area (Å²) in [6.07, 6.45) is 2.38. The number of aromatic nitrogens is 1.